The number of tetrazole rings is 1. The molecule has 1 aromatic rings. The molecule has 0 fully saturated rings. The number of rotatable bonds is 7. The Kier molecular flexibility index (Phi) is 7.27. The van der Waals surface area contributed by atoms with E-state index in [1.165, 1.54) is 16.4 Å². The molecule has 0 radical (unpaired) electrons. The molecule has 8 nitrogen and oxygen atoms in total. The molecule has 2 unspecified atom stereocenters. The molecule has 0 bridgehead atoms. The number of aromatic nitrogens is 4. The van der Waals surface area contributed by atoms with Crippen LogP contribution in [-0.2, 0) is 11.8 Å². The number of carbonyl (C=O) groups excluding carboxylic acids is 1. The molecule has 2 N–H and O–H groups in total. The smallest absolute Gasteiger partial charge is 0.407 e. The summed E-state index contributed by atoms with van der Waals surface area (Å²) >= 11 is 1.34. The first-order chi connectivity index (χ1) is 10.6. The Morgan fingerprint density at radius 1 is 1.43 bits per heavy atom. The zero-order valence-electron chi connectivity index (χ0n) is 14.6. The van der Waals surface area contributed by atoms with Crippen molar-refractivity contribution < 1.29 is 14.6 Å². The molecular formula is C14H27N5O3S. The van der Waals surface area contributed by atoms with Crippen molar-refractivity contribution in [2.75, 3.05) is 5.75 Å². The Balaban J connectivity index is 2.61. The van der Waals surface area contributed by atoms with Gasteiger partial charge < -0.3 is 15.2 Å². The van der Waals surface area contributed by atoms with Gasteiger partial charge in [-0.25, -0.2) is 9.48 Å². The van der Waals surface area contributed by atoms with Crippen molar-refractivity contribution in [2.24, 2.45) is 13.0 Å². The molecule has 23 heavy (non-hydrogen) atoms. The van der Waals surface area contributed by atoms with Gasteiger partial charge in [0.2, 0.25) is 5.16 Å². The number of aryl methyl sites for hydroxylation is 1. The highest BCUT2D eigenvalue weighted by Gasteiger charge is 2.26. The lowest BCUT2D eigenvalue weighted by molar-refractivity contribution is 0.0426. The number of nitrogens with zero attached hydrogens (tertiary/aromatic N) is 4. The van der Waals surface area contributed by atoms with Gasteiger partial charge in [0.15, 0.2) is 0 Å². The highest BCUT2D eigenvalue weighted by atomic mass is 32.2. The maximum Gasteiger partial charge on any atom is 0.407 e. The van der Waals surface area contributed by atoms with Gasteiger partial charge in [-0.1, -0.05) is 25.6 Å². The van der Waals surface area contributed by atoms with Crippen LogP contribution < -0.4 is 5.32 Å². The van der Waals surface area contributed by atoms with E-state index < -0.39 is 23.8 Å². The van der Waals surface area contributed by atoms with Crippen LogP contribution in [0.5, 0.6) is 0 Å². The number of nitrogens with one attached hydrogen (secondary N) is 1. The van der Waals surface area contributed by atoms with E-state index in [9.17, 15) is 9.90 Å². The molecule has 9 heteroatoms. The molecule has 0 saturated heterocycles. The standard InChI is InChI=1S/C14H27N5O3S/c1-9(2)7-10(15-13(21)22-14(3,4)5)11(20)8-23-12-16-17-18-19(12)6/h9-11,20H,7-8H2,1-6H3,(H,15,21). The van der Waals surface area contributed by atoms with Gasteiger partial charge in [0.25, 0.3) is 0 Å². The SMILES string of the molecule is CC(C)CC(NC(=O)OC(C)(C)C)C(O)CSc1nnnn1C. The Hall–Kier alpha value is -1.35. The van der Waals surface area contributed by atoms with Crippen molar-refractivity contribution in [1.82, 2.24) is 25.5 Å². The third-order valence-electron chi connectivity index (χ3n) is 2.86. The fraction of sp³-hybridized carbons (Fsp3) is 0.857. The Bertz CT molecular complexity index is 501. The fourth-order valence-electron chi connectivity index (χ4n) is 1.90. The normalized spacial score (nSPS) is 14.6. The Morgan fingerprint density at radius 3 is 2.57 bits per heavy atom. The molecule has 2 atom stereocenters. The molecule has 132 valence electrons. The zero-order valence-corrected chi connectivity index (χ0v) is 15.4. The minimum absolute atomic E-state index is 0.325. The molecule has 1 heterocycles. The number of alkyl carbamates (subject to hydrolysis) is 1. The van der Waals surface area contributed by atoms with Crippen LogP contribution in [-0.4, -0.2) is 54.9 Å². The van der Waals surface area contributed by atoms with Gasteiger partial charge in [0, 0.05) is 12.8 Å². The first-order valence-electron chi connectivity index (χ1n) is 7.61. The van der Waals surface area contributed by atoms with Crippen molar-refractivity contribution in [1.29, 1.82) is 0 Å². The maximum atomic E-state index is 12.0. The summed E-state index contributed by atoms with van der Waals surface area (Å²) in [7, 11) is 1.74. The molecule has 0 aliphatic rings. The lowest BCUT2D eigenvalue weighted by atomic mass is 10.0. The lowest BCUT2D eigenvalue weighted by Crippen LogP contribution is -2.47. The topological polar surface area (TPSA) is 102 Å². The fourth-order valence-corrected chi connectivity index (χ4v) is 2.77. The van der Waals surface area contributed by atoms with Crippen molar-refractivity contribution in [3.8, 4) is 0 Å². The average Bonchev–Trinajstić information content (AvgIpc) is 2.78. The van der Waals surface area contributed by atoms with Crippen LogP contribution in [0.2, 0.25) is 0 Å². The molecule has 1 aromatic heterocycles. The molecule has 0 spiro atoms. The van der Waals surface area contributed by atoms with Crippen LogP contribution >= 0.6 is 11.8 Å². The second kappa shape index (κ2) is 8.49. The van der Waals surface area contributed by atoms with Crippen molar-refractivity contribution in [2.45, 2.75) is 63.9 Å². The van der Waals surface area contributed by atoms with E-state index in [1.54, 1.807) is 27.8 Å². The minimum Gasteiger partial charge on any atom is -0.444 e. The second-order valence-corrected chi connectivity index (χ2v) is 7.83. The average molecular weight is 345 g/mol. The molecule has 1 amide bonds. The molecule has 0 aromatic carbocycles. The first kappa shape index (κ1) is 19.7. The summed E-state index contributed by atoms with van der Waals surface area (Å²) in [5.41, 5.74) is -0.573. The summed E-state index contributed by atoms with van der Waals surface area (Å²) in [6.45, 7) is 9.48. The number of thioether (sulfide) groups is 1. The van der Waals surface area contributed by atoms with Crippen LogP contribution in [0.1, 0.15) is 41.0 Å². The van der Waals surface area contributed by atoms with Crippen LogP contribution in [0, 0.1) is 5.92 Å². The Morgan fingerprint density at radius 2 is 2.09 bits per heavy atom. The number of ether oxygens (including phenoxy) is 1. The zero-order chi connectivity index (χ0) is 17.6. The van der Waals surface area contributed by atoms with E-state index in [4.69, 9.17) is 4.74 Å². The number of hydrogen-bond donors (Lipinski definition) is 2. The Labute approximate surface area is 141 Å². The highest BCUT2D eigenvalue weighted by Crippen LogP contribution is 2.18. The summed E-state index contributed by atoms with van der Waals surface area (Å²) in [6, 6.07) is -0.390. The maximum absolute atomic E-state index is 12.0. The van der Waals surface area contributed by atoms with Crippen LogP contribution in [0.4, 0.5) is 4.79 Å². The number of carbonyl (C=O) groups is 1. The van der Waals surface area contributed by atoms with E-state index in [2.05, 4.69) is 20.8 Å². The summed E-state index contributed by atoms with van der Waals surface area (Å²) < 4.78 is 6.80. The summed E-state index contributed by atoms with van der Waals surface area (Å²) in [6.07, 6.45) is -0.600. The van der Waals surface area contributed by atoms with Gasteiger partial charge in [-0.15, -0.1) is 5.10 Å². The number of amides is 1. The van der Waals surface area contributed by atoms with E-state index in [1.807, 2.05) is 13.8 Å². The summed E-state index contributed by atoms with van der Waals surface area (Å²) in [4.78, 5) is 12.0. The predicted octanol–water partition coefficient (Wildman–Crippen LogP) is 1.60. The lowest BCUT2D eigenvalue weighted by Gasteiger charge is -2.27. The van der Waals surface area contributed by atoms with E-state index in [-0.39, 0.29) is 0 Å². The molecule has 0 saturated carbocycles. The van der Waals surface area contributed by atoms with Gasteiger partial charge in [-0.2, -0.15) is 0 Å². The quantitative estimate of drug-likeness (QED) is 0.724. The van der Waals surface area contributed by atoms with Gasteiger partial charge in [-0.05, 0) is 43.5 Å². The largest absolute Gasteiger partial charge is 0.444 e. The van der Waals surface area contributed by atoms with Gasteiger partial charge >= 0.3 is 6.09 Å². The van der Waals surface area contributed by atoms with Crippen LogP contribution in [0.3, 0.4) is 0 Å². The third kappa shape index (κ3) is 7.65. The van der Waals surface area contributed by atoms with Gasteiger partial charge in [0.05, 0.1) is 12.1 Å². The van der Waals surface area contributed by atoms with Gasteiger partial charge in [-0.3, -0.25) is 0 Å². The van der Waals surface area contributed by atoms with Gasteiger partial charge in [0.1, 0.15) is 5.60 Å². The van der Waals surface area contributed by atoms with E-state index >= 15 is 0 Å². The van der Waals surface area contributed by atoms with Crippen molar-refractivity contribution in [3.05, 3.63) is 0 Å². The first-order valence-corrected chi connectivity index (χ1v) is 8.59. The highest BCUT2D eigenvalue weighted by molar-refractivity contribution is 7.99. The van der Waals surface area contributed by atoms with E-state index in [0.29, 0.717) is 23.2 Å². The molecular weight excluding hydrogens is 318 g/mol. The van der Waals surface area contributed by atoms with Crippen LogP contribution in [0.25, 0.3) is 0 Å². The third-order valence-corrected chi connectivity index (χ3v) is 3.97. The molecule has 1 rings (SSSR count). The van der Waals surface area contributed by atoms with Crippen molar-refractivity contribution >= 4 is 17.9 Å². The summed E-state index contributed by atoms with van der Waals surface area (Å²) in [5, 5.41) is 25.0. The number of aliphatic hydroxyl groups excluding tert-OH is 1. The minimum atomic E-state index is -0.730. The predicted molar refractivity (Wildman–Crippen MR) is 88.1 cm³/mol. The number of aliphatic hydroxyl groups is 1. The molecule has 0 aliphatic heterocycles. The molecule has 0 aliphatic carbocycles. The van der Waals surface area contributed by atoms with Crippen molar-refractivity contribution in [3.63, 3.8) is 0 Å². The second-order valence-electron chi connectivity index (χ2n) is 6.85. The van der Waals surface area contributed by atoms with E-state index in [0.717, 1.165) is 0 Å². The monoisotopic (exact) mass is 345 g/mol. The number of hydrogen-bond acceptors (Lipinski definition) is 7. The van der Waals surface area contributed by atoms with Crippen LogP contribution in [0.15, 0.2) is 5.16 Å². The summed E-state index contributed by atoms with van der Waals surface area (Å²) in [5.74, 6) is 0.701.